The summed E-state index contributed by atoms with van der Waals surface area (Å²) in [4.78, 5) is 44.9. The molecule has 0 spiro atoms. The molecule has 1 saturated carbocycles. The van der Waals surface area contributed by atoms with Crippen molar-refractivity contribution in [3.63, 3.8) is 0 Å². The number of nitrogens with one attached hydrogen (secondary N) is 3. The predicted molar refractivity (Wildman–Crippen MR) is 175 cm³/mol. The van der Waals surface area contributed by atoms with Gasteiger partial charge >= 0.3 is 0 Å². The molecule has 10 nitrogen and oxygen atoms in total. The first-order valence-corrected chi connectivity index (χ1v) is 16.6. The number of amides is 3. The fourth-order valence-corrected chi connectivity index (χ4v) is 6.37. The summed E-state index contributed by atoms with van der Waals surface area (Å²) in [7, 11) is 2.09. The van der Waals surface area contributed by atoms with Gasteiger partial charge < -0.3 is 25.8 Å². The third-order valence-electron chi connectivity index (χ3n) is 9.71. The van der Waals surface area contributed by atoms with Crippen molar-refractivity contribution in [2.75, 3.05) is 38.5 Å². The second-order valence-electron chi connectivity index (χ2n) is 13.0. The monoisotopic (exact) mass is 607 g/mol. The first kappa shape index (κ1) is 33.6. The van der Waals surface area contributed by atoms with Crippen molar-refractivity contribution in [3.8, 4) is 0 Å². The largest absolute Gasteiger partial charge is 0.339 e. The molecule has 1 aliphatic heterocycles. The number of hydrogen-bond donors (Lipinski definition) is 3. The number of aromatic nitrogens is 2. The molecule has 44 heavy (non-hydrogen) atoms. The van der Waals surface area contributed by atoms with Crippen LogP contribution in [0.1, 0.15) is 88.7 Å². The van der Waals surface area contributed by atoms with Crippen LogP contribution < -0.4 is 16.0 Å². The van der Waals surface area contributed by atoms with Crippen molar-refractivity contribution in [2.45, 2.75) is 97.3 Å². The maximum absolute atomic E-state index is 13.7. The van der Waals surface area contributed by atoms with Gasteiger partial charge in [-0.2, -0.15) is 5.10 Å². The summed E-state index contributed by atoms with van der Waals surface area (Å²) in [5.74, 6) is 0.303. The zero-order valence-corrected chi connectivity index (χ0v) is 27.5. The highest BCUT2D eigenvalue weighted by Crippen LogP contribution is 2.31. The molecule has 0 radical (unpaired) electrons. The lowest BCUT2D eigenvalue weighted by atomic mass is 9.79. The molecule has 10 heteroatoms. The molecule has 1 aromatic carbocycles. The summed E-state index contributed by atoms with van der Waals surface area (Å²) >= 11 is 0. The Morgan fingerprint density at radius 3 is 2.23 bits per heavy atom. The minimum absolute atomic E-state index is 0.0550. The molecule has 2 heterocycles. The lowest BCUT2D eigenvalue weighted by Gasteiger charge is -2.37. The van der Waals surface area contributed by atoms with Crippen molar-refractivity contribution >= 4 is 23.4 Å². The first-order valence-electron chi connectivity index (χ1n) is 16.6. The zero-order chi connectivity index (χ0) is 31.8. The number of rotatable bonds is 12. The van der Waals surface area contributed by atoms with Crippen LogP contribution in [0.15, 0.2) is 36.5 Å². The highest BCUT2D eigenvalue weighted by atomic mass is 16.2. The number of carbonyl (C=O) groups is 3. The Morgan fingerprint density at radius 2 is 1.61 bits per heavy atom. The van der Waals surface area contributed by atoms with E-state index in [1.54, 1.807) is 16.9 Å². The number of aryl methyl sites for hydroxylation is 1. The van der Waals surface area contributed by atoms with Crippen LogP contribution in [-0.4, -0.2) is 88.7 Å². The van der Waals surface area contributed by atoms with E-state index in [0.717, 1.165) is 63.8 Å². The Bertz CT molecular complexity index is 1230. The third-order valence-corrected chi connectivity index (χ3v) is 9.71. The first-order chi connectivity index (χ1) is 21.1. The van der Waals surface area contributed by atoms with E-state index in [1.165, 1.54) is 0 Å². The number of nitrogens with zero attached hydrogens (tertiary/aromatic N) is 4. The number of anilines is 1. The molecular weight excluding hydrogens is 554 g/mol. The maximum Gasteiger partial charge on any atom is 0.270 e. The van der Waals surface area contributed by atoms with Gasteiger partial charge in [0.15, 0.2) is 0 Å². The van der Waals surface area contributed by atoms with Crippen molar-refractivity contribution in [3.05, 3.63) is 47.8 Å². The quantitative estimate of drug-likeness (QED) is 0.335. The molecule has 1 aliphatic carbocycles. The molecule has 3 N–H and O–H groups in total. The second kappa shape index (κ2) is 15.7. The molecule has 2 fully saturated rings. The highest BCUT2D eigenvalue weighted by molar-refractivity contribution is 6.00. The summed E-state index contributed by atoms with van der Waals surface area (Å²) in [5, 5.41) is 13.9. The lowest BCUT2D eigenvalue weighted by Crippen LogP contribution is -2.56. The number of benzene rings is 1. The van der Waals surface area contributed by atoms with E-state index in [4.69, 9.17) is 0 Å². The van der Waals surface area contributed by atoms with Gasteiger partial charge in [-0.3, -0.25) is 19.1 Å². The van der Waals surface area contributed by atoms with Gasteiger partial charge in [0.2, 0.25) is 11.8 Å². The molecule has 3 amide bonds. The molecule has 1 unspecified atom stereocenters. The van der Waals surface area contributed by atoms with Crippen LogP contribution in [0.2, 0.25) is 0 Å². The van der Waals surface area contributed by atoms with Crippen LogP contribution in [0.5, 0.6) is 0 Å². The second-order valence-corrected chi connectivity index (χ2v) is 13.0. The van der Waals surface area contributed by atoms with Crippen LogP contribution in [-0.2, 0) is 16.1 Å². The van der Waals surface area contributed by atoms with E-state index in [2.05, 4.69) is 60.7 Å². The minimum Gasteiger partial charge on any atom is -0.339 e. The SMILES string of the molecule is CCC(C)N[C@@H](C(=O)N1CCN(C)CC1)[C@@H](C)c1ccc(NC(=O)[C@@H](NC(=O)c2ccnn2CC)[C@H]2CC[C@H](C)CC2)cc1. The standard InChI is InChI=1S/C34H53N7O3/c1-7-24(4)36-30(34(44)40-21-19-39(6)20-22-40)25(5)26-13-15-28(16-14-26)37-33(43)31(27-11-9-23(3)10-12-27)38-32(42)29-17-18-35-41(29)8-2/h13-18,23-25,27,30-31,36H,7-12,19-22H2,1-6H3,(H,37,43)(H,38,42)/t23-,24?,25-,27-,30+,31-/m0/s1. The third kappa shape index (κ3) is 8.47. The van der Waals surface area contributed by atoms with E-state index in [0.29, 0.717) is 23.8 Å². The fourth-order valence-electron chi connectivity index (χ4n) is 6.37. The summed E-state index contributed by atoms with van der Waals surface area (Å²) in [6.07, 6.45) is 6.43. The molecule has 0 bridgehead atoms. The Morgan fingerprint density at radius 1 is 0.955 bits per heavy atom. The van der Waals surface area contributed by atoms with Gasteiger partial charge in [-0.25, -0.2) is 0 Å². The Hall–Kier alpha value is -3.24. The van der Waals surface area contributed by atoms with Crippen molar-refractivity contribution in [1.29, 1.82) is 0 Å². The van der Waals surface area contributed by atoms with E-state index in [9.17, 15) is 14.4 Å². The normalized spacial score (nSPS) is 22.1. The van der Waals surface area contributed by atoms with Gasteiger partial charge in [-0.05, 0) is 75.8 Å². The molecule has 1 aromatic heterocycles. The Kier molecular flexibility index (Phi) is 12.0. The molecule has 4 atom stereocenters. The summed E-state index contributed by atoms with van der Waals surface area (Å²) in [6, 6.07) is 8.73. The minimum atomic E-state index is -0.640. The highest BCUT2D eigenvalue weighted by Gasteiger charge is 2.34. The van der Waals surface area contributed by atoms with Crippen molar-refractivity contribution in [2.24, 2.45) is 11.8 Å². The van der Waals surface area contributed by atoms with Crippen LogP contribution >= 0.6 is 0 Å². The van der Waals surface area contributed by atoms with Gasteiger partial charge in [0.1, 0.15) is 11.7 Å². The predicted octanol–water partition coefficient (Wildman–Crippen LogP) is 4.10. The van der Waals surface area contributed by atoms with Gasteiger partial charge in [0.25, 0.3) is 5.91 Å². The number of hydrogen-bond acceptors (Lipinski definition) is 6. The summed E-state index contributed by atoms with van der Waals surface area (Å²) in [6.45, 7) is 14.3. The smallest absolute Gasteiger partial charge is 0.270 e. The van der Waals surface area contributed by atoms with Gasteiger partial charge in [-0.1, -0.05) is 45.7 Å². The number of piperazine rings is 1. The maximum atomic E-state index is 13.7. The van der Waals surface area contributed by atoms with E-state index in [1.807, 2.05) is 36.1 Å². The van der Waals surface area contributed by atoms with E-state index in [-0.39, 0.29) is 41.6 Å². The van der Waals surface area contributed by atoms with Gasteiger partial charge in [-0.15, -0.1) is 0 Å². The Labute approximate surface area is 263 Å². The van der Waals surface area contributed by atoms with Crippen LogP contribution in [0.3, 0.4) is 0 Å². The molecule has 2 aromatic rings. The van der Waals surface area contributed by atoms with E-state index >= 15 is 0 Å². The average molecular weight is 608 g/mol. The molecule has 4 rings (SSSR count). The van der Waals surface area contributed by atoms with Crippen LogP contribution in [0, 0.1) is 11.8 Å². The molecule has 242 valence electrons. The van der Waals surface area contributed by atoms with Crippen molar-refractivity contribution in [1.82, 2.24) is 30.2 Å². The fraction of sp³-hybridized carbons (Fsp3) is 0.647. The van der Waals surface area contributed by atoms with Crippen molar-refractivity contribution < 1.29 is 14.4 Å². The van der Waals surface area contributed by atoms with Gasteiger partial charge in [0.05, 0.1) is 6.04 Å². The molecular formula is C34H53N7O3. The van der Waals surface area contributed by atoms with Crippen LogP contribution in [0.4, 0.5) is 5.69 Å². The van der Waals surface area contributed by atoms with E-state index < -0.39 is 6.04 Å². The van der Waals surface area contributed by atoms with Crippen LogP contribution in [0.25, 0.3) is 0 Å². The Balaban J connectivity index is 1.47. The molecule has 1 saturated heterocycles. The summed E-state index contributed by atoms with van der Waals surface area (Å²) < 4.78 is 1.64. The zero-order valence-electron chi connectivity index (χ0n) is 27.5. The number of carbonyl (C=O) groups excluding carboxylic acids is 3. The molecule has 2 aliphatic rings. The lowest BCUT2D eigenvalue weighted by molar-refractivity contribution is -0.135. The van der Waals surface area contributed by atoms with Gasteiger partial charge in [0, 0.05) is 56.6 Å². The summed E-state index contributed by atoms with van der Waals surface area (Å²) in [5.41, 5.74) is 2.16. The average Bonchev–Trinajstić information content (AvgIpc) is 3.52. The number of likely N-dealkylation sites (N-methyl/N-ethyl adjacent to an activating group) is 1. The topological polar surface area (TPSA) is 112 Å².